The van der Waals surface area contributed by atoms with Gasteiger partial charge in [-0.2, -0.15) is 0 Å². The van der Waals surface area contributed by atoms with E-state index in [-0.39, 0.29) is 11.8 Å². The molecule has 1 fully saturated rings. The van der Waals surface area contributed by atoms with Crippen molar-refractivity contribution in [2.24, 2.45) is 0 Å². The number of anilines is 1. The van der Waals surface area contributed by atoms with Crippen LogP contribution in [0.4, 0.5) is 5.69 Å². The number of carbonyl (C=O) groups is 2. The molecule has 1 N–H and O–H groups in total. The molecule has 2 heterocycles. The van der Waals surface area contributed by atoms with Crippen molar-refractivity contribution in [3.05, 3.63) is 29.3 Å². The lowest BCUT2D eigenvalue weighted by Gasteiger charge is -2.34. The van der Waals surface area contributed by atoms with Gasteiger partial charge in [0.05, 0.1) is 0 Å². The minimum atomic E-state index is 0.0543. The zero-order valence-corrected chi connectivity index (χ0v) is 13.1. The van der Waals surface area contributed by atoms with Crippen LogP contribution in [0.3, 0.4) is 0 Å². The lowest BCUT2D eigenvalue weighted by atomic mass is 10.00. The molecule has 22 heavy (non-hydrogen) atoms. The molecule has 0 unspecified atom stereocenters. The zero-order chi connectivity index (χ0) is 15.5. The van der Waals surface area contributed by atoms with E-state index in [1.54, 1.807) is 0 Å². The Kier molecular flexibility index (Phi) is 4.43. The van der Waals surface area contributed by atoms with Gasteiger partial charge >= 0.3 is 0 Å². The second-order valence-electron chi connectivity index (χ2n) is 6.05. The molecule has 1 aromatic carbocycles. The van der Waals surface area contributed by atoms with E-state index in [4.69, 9.17) is 0 Å². The molecule has 2 aliphatic rings. The van der Waals surface area contributed by atoms with E-state index in [0.29, 0.717) is 12.8 Å². The molecule has 2 aliphatic heterocycles. The predicted octanol–water partition coefficient (Wildman–Crippen LogP) is 1.74. The Bertz CT molecular complexity index is 577. The summed E-state index contributed by atoms with van der Waals surface area (Å²) in [6.07, 6.45) is 2.37. The van der Waals surface area contributed by atoms with Crippen molar-refractivity contribution < 1.29 is 9.59 Å². The Morgan fingerprint density at radius 2 is 1.95 bits per heavy atom. The first-order valence-corrected chi connectivity index (χ1v) is 8.12. The van der Waals surface area contributed by atoms with E-state index < -0.39 is 0 Å². The molecule has 5 heteroatoms. The number of piperazine rings is 1. The molecular weight excluding hydrogens is 278 g/mol. The lowest BCUT2D eigenvalue weighted by molar-refractivity contribution is -0.116. The number of fused-ring (bicyclic) bond motifs is 1. The molecule has 2 amide bonds. The highest BCUT2D eigenvalue weighted by atomic mass is 16.2. The second-order valence-corrected chi connectivity index (χ2v) is 6.05. The fourth-order valence-electron chi connectivity index (χ4n) is 3.19. The van der Waals surface area contributed by atoms with Crippen LogP contribution >= 0.6 is 0 Å². The van der Waals surface area contributed by atoms with Crippen molar-refractivity contribution in [3.8, 4) is 0 Å². The van der Waals surface area contributed by atoms with Crippen LogP contribution in [0, 0.1) is 0 Å². The van der Waals surface area contributed by atoms with Crippen LogP contribution < -0.4 is 5.32 Å². The fraction of sp³-hybridized carbons (Fsp3) is 0.529. The summed E-state index contributed by atoms with van der Waals surface area (Å²) in [5, 5.41) is 2.85. The first kappa shape index (κ1) is 15.0. The van der Waals surface area contributed by atoms with E-state index in [1.807, 2.05) is 23.1 Å². The summed E-state index contributed by atoms with van der Waals surface area (Å²) in [6.45, 7) is 6.81. The van der Waals surface area contributed by atoms with Gasteiger partial charge in [-0.1, -0.05) is 6.92 Å². The Morgan fingerprint density at radius 3 is 2.68 bits per heavy atom. The summed E-state index contributed by atoms with van der Waals surface area (Å²) in [5.74, 6) is 0.162. The van der Waals surface area contributed by atoms with Gasteiger partial charge in [-0.3, -0.25) is 14.5 Å². The number of hydrogen-bond donors (Lipinski definition) is 1. The molecule has 0 bridgehead atoms. The van der Waals surface area contributed by atoms with Gasteiger partial charge in [-0.15, -0.1) is 0 Å². The third-order valence-corrected chi connectivity index (χ3v) is 4.45. The largest absolute Gasteiger partial charge is 0.336 e. The van der Waals surface area contributed by atoms with E-state index >= 15 is 0 Å². The SMILES string of the molecule is CCCN1CCN(C(=O)c2ccc3c(c2)CCC(=O)N3)CC1. The number of carbonyl (C=O) groups excluding carboxylic acids is 2. The van der Waals surface area contributed by atoms with Gasteiger partial charge in [0.1, 0.15) is 0 Å². The molecule has 0 saturated carbocycles. The van der Waals surface area contributed by atoms with Crippen molar-refractivity contribution in [3.63, 3.8) is 0 Å². The minimum Gasteiger partial charge on any atom is -0.336 e. The molecule has 3 rings (SSSR count). The molecule has 1 aromatic rings. The van der Waals surface area contributed by atoms with E-state index in [2.05, 4.69) is 17.1 Å². The highest BCUT2D eigenvalue weighted by Gasteiger charge is 2.23. The van der Waals surface area contributed by atoms with Crippen LogP contribution in [-0.4, -0.2) is 54.3 Å². The second kappa shape index (κ2) is 6.48. The molecule has 5 nitrogen and oxygen atoms in total. The molecular formula is C17H23N3O2. The lowest BCUT2D eigenvalue weighted by Crippen LogP contribution is -2.48. The maximum Gasteiger partial charge on any atom is 0.253 e. The molecule has 0 atom stereocenters. The standard InChI is InChI=1S/C17H23N3O2/c1-2-7-19-8-10-20(11-9-19)17(22)14-3-5-15-13(12-14)4-6-16(21)18-15/h3,5,12H,2,4,6-11H2,1H3,(H,18,21). The molecule has 0 aliphatic carbocycles. The van der Waals surface area contributed by atoms with Crippen molar-refractivity contribution in [2.45, 2.75) is 26.2 Å². The number of nitrogens with zero attached hydrogens (tertiary/aromatic N) is 2. The maximum absolute atomic E-state index is 12.6. The van der Waals surface area contributed by atoms with Crippen molar-refractivity contribution in [2.75, 3.05) is 38.0 Å². The number of benzene rings is 1. The van der Waals surface area contributed by atoms with Crippen LogP contribution in [0.25, 0.3) is 0 Å². The van der Waals surface area contributed by atoms with Crippen molar-refractivity contribution in [1.29, 1.82) is 0 Å². The number of nitrogens with one attached hydrogen (secondary N) is 1. The fourth-order valence-corrected chi connectivity index (χ4v) is 3.19. The first-order valence-electron chi connectivity index (χ1n) is 8.12. The van der Waals surface area contributed by atoms with Crippen LogP contribution in [0.5, 0.6) is 0 Å². The third kappa shape index (κ3) is 3.14. The van der Waals surface area contributed by atoms with Crippen LogP contribution in [-0.2, 0) is 11.2 Å². The highest BCUT2D eigenvalue weighted by Crippen LogP contribution is 2.24. The highest BCUT2D eigenvalue weighted by molar-refractivity contribution is 5.98. The number of aryl methyl sites for hydroxylation is 1. The topological polar surface area (TPSA) is 52.7 Å². The normalized spacial score (nSPS) is 18.8. The van der Waals surface area contributed by atoms with Gasteiger partial charge in [0.15, 0.2) is 0 Å². The summed E-state index contributed by atoms with van der Waals surface area (Å²) < 4.78 is 0. The van der Waals surface area contributed by atoms with Gasteiger partial charge in [0.2, 0.25) is 5.91 Å². The van der Waals surface area contributed by atoms with Gasteiger partial charge in [-0.25, -0.2) is 0 Å². The third-order valence-electron chi connectivity index (χ3n) is 4.45. The molecule has 0 aromatic heterocycles. The van der Waals surface area contributed by atoms with Gasteiger partial charge in [0.25, 0.3) is 5.91 Å². The molecule has 0 radical (unpaired) electrons. The minimum absolute atomic E-state index is 0.0543. The molecule has 0 spiro atoms. The zero-order valence-electron chi connectivity index (χ0n) is 13.1. The number of hydrogen-bond acceptors (Lipinski definition) is 3. The summed E-state index contributed by atoms with van der Waals surface area (Å²) in [4.78, 5) is 28.4. The van der Waals surface area contributed by atoms with E-state index in [1.165, 1.54) is 0 Å². The Morgan fingerprint density at radius 1 is 1.18 bits per heavy atom. The monoisotopic (exact) mass is 301 g/mol. The average Bonchev–Trinajstić information content (AvgIpc) is 2.55. The summed E-state index contributed by atoms with van der Waals surface area (Å²) in [5.41, 5.74) is 2.65. The molecule has 1 saturated heterocycles. The summed E-state index contributed by atoms with van der Waals surface area (Å²) in [7, 11) is 0. The van der Waals surface area contributed by atoms with Gasteiger partial charge in [0, 0.05) is 43.9 Å². The Labute approximate surface area is 131 Å². The van der Waals surface area contributed by atoms with Crippen molar-refractivity contribution in [1.82, 2.24) is 9.80 Å². The smallest absolute Gasteiger partial charge is 0.253 e. The van der Waals surface area contributed by atoms with Crippen LogP contribution in [0.1, 0.15) is 35.7 Å². The van der Waals surface area contributed by atoms with E-state index in [0.717, 1.165) is 56.0 Å². The van der Waals surface area contributed by atoms with E-state index in [9.17, 15) is 9.59 Å². The Balaban J connectivity index is 1.67. The number of rotatable bonds is 3. The predicted molar refractivity (Wildman–Crippen MR) is 86.0 cm³/mol. The quantitative estimate of drug-likeness (QED) is 0.925. The maximum atomic E-state index is 12.6. The average molecular weight is 301 g/mol. The number of amides is 2. The summed E-state index contributed by atoms with van der Waals surface area (Å²) in [6, 6.07) is 5.62. The Hall–Kier alpha value is -1.88. The van der Waals surface area contributed by atoms with Crippen LogP contribution in [0.15, 0.2) is 18.2 Å². The summed E-state index contributed by atoms with van der Waals surface area (Å²) >= 11 is 0. The van der Waals surface area contributed by atoms with Crippen LogP contribution in [0.2, 0.25) is 0 Å². The van der Waals surface area contributed by atoms with Crippen molar-refractivity contribution >= 4 is 17.5 Å². The first-order chi connectivity index (χ1) is 10.7. The molecule has 118 valence electrons. The van der Waals surface area contributed by atoms with Gasteiger partial charge in [-0.05, 0) is 43.1 Å². The van der Waals surface area contributed by atoms with Gasteiger partial charge < -0.3 is 10.2 Å².